The van der Waals surface area contributed by atoms with Crippen molar-refractivity contribution in [1.29, 1.82) is 0 Å². The zero-order chi connectivity index (χ0) is 13.8. The van der Waals surface area contributed by atoms with Crippen LogP contribution in [-0.4, -0.2) is 34.5 Å². The molecule has 1 unspecified atom stereocenters. The maximum absolute atomic E-state index is 10.9. The quantitative estimate of drug-likeness (QED) is 0.797. The first kappa shape index (κ1) is 13.0. The number of hydrogen-bond donors (Lipinski definition) is 0. The van der Waals surface area contributed by atoms with Crippen LogP contribution in [0.15, 0.2) is 34.7 Å². The molecule has 1 aliphatic heterocycles. The van der Waals surface area contributed by atoms with Gasteiger partial charge in [0.05, 0.1) is 6.54 Å². The van der Waals surface area contributed by atoms with Gasteiger partial charge in [-0.05, 0) is 31.5 Å². The number of carbonyl (C=O) groups is 1. The molecule has 20 heavy (non-hydrogen) atoms. The highest BCUT2D eigenvalue weighted by atomic mass is 16.4. The van der Waals surface area contributed by atoms with E-state index in [-0.39, 0.29) is 5.92 Å². The van der Waals surface area contributed by atoms with Crippen molar-refractivity contribution in [2.45, 2.75) is 19.4 Å². The van der Waals surface area contributed by atoms with Crippen LogP contribution < -0.4 is 0 Å². The summed E-state index contributed by atoms with van der Waals surface area (Å²) < 4.78 is 5.69. The molecule has 1 aromatic heterocycles. The molecule has 0 aliphatic carbocycles. The summed E-state index contributed by atoms with van der Waals surface area (Å²) in [5.41, 5.74) is 0.927. The molecule has 104 valence electrons. The maximum Gasteiger partial charge on any atom is 0.247 e. The summed E-state index contributed by atoms with van der Waals surface area (Å²) in [6.07, 6.45) is 3.08. The Kier molecular flexibility index (Phi) is 3.87. The van der Waals surface area contributed by atoms with E-state index in [2.05, 4.69) is 15.1 Å². The van der Waals surface area contributed by atoms with Crippen molar-refractivity contribution in [3.05, 3.63) is 36.2 Å². The van der Waals surface area contributed by atoms with E-state index in [9.17, 15) is 4.79 Å². The molecule has 1 atom stereocenters. The van der Waals surface area contributed by atoms with Gasteiger partial charge in [-0.1, -0.05) is 18.2 Å². The summed E-state index contributed by atoms with van der Waals surface area (Å²) in [7, 11) is 0. The van der Waals surface area contributed by atoms with Crippen LogP contribution in [0, 0.1) is 5.92 Å². The predicted octanol–water partition coefficient (Wildman–Crippen LogP) is 2.15. The van der Waals surface area contributed by atoms with Crippen molar-refractivity contribution in [2.24, 2.45) is 5.92 Å². The van der Waals surface area contributed by atoms with Crippen LogP contribution in [0.2, 0.25) is 0 Å². The molecule has 1 aromatic carbocycles. The van der Waals surface area contributed by atoms with Gasteiger partial charge in [0.15, 0.2) is 0 Å². The Labute approximate surface area is 117 Å². The highest BCUT2D eigenvalue weighted by molar-refractivity contribution is 5.54. The molecule has 2 aromatic rings. The summed E-state index contributed by atoms with van der Waals surface area (Å²) >= 11 is 0. The minimum atomic E-state index is 0.139. The second-order valence-electron chi connectivity index (χ2n) is 5.14. The second-order valence-corrected chi connectivity index (χ2v) is 5.14. The van der Waals surface area contributed by atoms with Gasteiger partial charge in [-0.2, -0.15) is 0 Å². The number of aromatic nitrogens is 2. The van der Waals surface area contributed by atoms with E-state index in [1.807, 2.05) is 30.3 Å². The maximum atomic E-state index is 10.9. The lowest BCUT2D eigenvalue weighted by Gasteiger charge is -2.28. The molecule has 1 aliphatic rings. The van der Waals surface area contributed by atoms with Crippen LogP contribution in [-0.2, 0) is 11.3 Å². The molecule has 3 rings (SSSR count). The topological polar surface area (TPSA) is 59.2 Å². The zero-order valence-corrected chi connectivity index (χ0v) is 11.2. The van der Waals surface area contributed by atoms with E-state index >= 15 is 0 Å². The molecule has 0 spiro atoms. The van der Waals surface area contributed by atoms with Crippen LogP contribution in [0.4, 0.5) is 0 Å². The number of carbonyl (C=O) groups excluding carboxylic acids is 1. The third-order valence-corrected chi connectivity index (χ3v) is 3.58. The lowest BCUT2D eigenvalue weighted by Crippen LogP contribution is -2.35. The molecule has 5 nitrogen and oxygen atoms in total. The third kappa shape index (κ3) is 2.93. The van der Waals surface area contributed by atoms with Crippen molar-refractivity contribution in [1.82, 2.24) is 15.1 Å². The molecule has 0 radical (unpaired) electrons. The highest BCUT2D eigenvalue weighted by Gasteiger charge is 2.21. The fraction of sp³-hybridized carbons (Fsp3) is 0.400. The van der Waals surface area contributed by atoms with Gasteiger partial charge in [-0.15, -0.1) is 10.2 Å². The lowest BCUT2D eigenvalue weighted by atomic mass is 10.00. The van der Waals surface area contributed by atoms with E-state index in [1.165, 1.54) is 0 Å². The smallest absolute Gasteiger partial charge is 0.247 e. The zero-order valence-electron chi connectivity index (χ0n) is 11.2. The van der Waals surface area contributed by atoms with E-state index in [0.29, 0.717) is 18.3 Å². The fourth-order valence-electron chi connectivity index (χ4n) is 2.55. The Morgan fingerprint density at radius 3 is 2.95 bits per heavy atom. The van der Waals surface area contributed by atoms with E-state index in [4.69, 9.17) is 4.42 Å². The first-order valence-corrected chi connectivity index (χ1v) is 6.90. The van der Waals surface area contributed by atoms with Gasteiger partial charge in [0, 0.05) is 18.0 Å². The van der Waals surface area contributed by atoms with Gasteiger partial charge in [-0.3, -0.25) is 4.90 Å². The molecule has 0 amide bonds. The lowest BCUT2D eigenvalue weighted by molar-refractivity contribution is -0.112. The Morgan fingerprint density at radius 2 is 2.15 bits per heavy atom. The number of benzene rings is 1. The monoisotopic (exact) mass is 271 g/mol. The minimum absolute atomic E-state index is 0.139. The highest BCUT2D eigenvalue weighted by Crippen LogP contribution is 2.20. The second kappa shape index (κ2) is 5.96. The molecule has 2 heterocycles. The normalized spacial score (nSPS) is 19.9. The largest absolute Gasteiger partial charge is 0.419 e. The number of aldehydes is 1. The minimum Gasteiger partial charge on any atom is -0.419 e. The molecule has 0 saturated carbocycles. The van der Waals surface area contributed by atoms with Crippen LogP contribution in [0.5, 0.6) is 0 Å². The third-order valence-electron chi connectivity index (χ3n) is 3.58. The van der Waals surface area contributed by atoms with Crippen molar-refractivity contribution in [3.63, 3.8) is 0 Å². The standard InChI is InChI=1S/C15H17N3O2/c19-11-12-5-4-8-18(9-12)10-14-16-17-15(20-14)13-6-2-1-3-7-13/h1-3,6-7,11-12H,4-5,8-10H2. The summed E-state index contributed by atoms with van der Waals surface area (Å²) in [4.78, 5) is 13.1. The Bertz CT molecular complexity index is 568. The molecular weight excluding hydrogens is 254 g/mol. The van der Waals surface area contributed by atoms with Gasteiger partial charge >= 0.3 is 0 Å². The molecule has 0 bridgehead atoms. The van der Waals surface area contributed by atoms with Gasteiger partial charge in [0.25, 0.3) is 0 Å². The summed E-state index contributed by atoms with van der Waals surface area (Å²) in [6.45, 7) is 2.38. The first-order chi connectivity index (χ1) is 9.85. The Balaban J connectivity index is 1.67. The van der Waals surface area contributed by atoms with E-state index in [1.54, 1.807) is 0 Å². The molecule has 1 fully saturated rings. The van der Waals surface area contributed by atoms with Gasteiger partial charge in [0.2, 0.25) is 11.8 Å². The first-order valence-electron chi connectivity index (χ1n) is 6.90. The molecule has 5 heteroatoms. The number of hydrogen-bond acceptors (Lipinski definition) is 5. The number of rotatable bonds is 4. The Hall–Kier alpha value is -2.01. The Morgan fingerprint density at radius 1 is 1.30 bits per heavy atom. The van der Waals surface area contributed by atoms with Crippen molar-refractivity contribution in [2.75, 3.05) is 13.1 Å². The van der Waals surface area contributed by atoms with Gasteiger partial charge in [0.1, 0.15) is 6.29 Å². The molecule has 1 saturated heterocycles. The van der Waals surface area contributed by atoms with Crippen molar-refractivity contribution in [3.8, 4) is 11.5 Å². The molecule has 0 N–H and O–H groups in total. The van der Waals surface area contributed by atoms with Crippen LogP contribution in [0.25, 0.3) is 11.5 Å². The number of piperidine rings is 1. The summed E-state index contributed by atoms with van der Waals surface area (Å²) in [6, 6.07) is 9.73. The molecular formula is C15H17N3O2. The fourth-order valence-corrected chi connectivity index (χ4v) is 2.55. The van der Waals surface area contributed by atoms with Crippen LogP contribution >= 0.6 is 0 Å². The number of likely N-dealkylation sites (tertiary alicyclic amines) is 1. The van der Waals surface area contributed by atoms with E-state index < -0.39 is 0 Å². The number of nitrogens with zero attached hydrogens (tertiary/aromatic N) is 3. The van der Waals surface area contributed by atoms with Gasteiger partial charge < -0.3 is 9.21 Å². The summed E-state index contributed by atoms with van der Waals surface area (Å²) in [5, 5.41) is 8.17. The van der Waals surface area contributed by atoms with E-state index in [0.717, 1.165) is 37.8 Å². The summed E-state index contributed by atoms with van der Waals surface area (Å²) in [5.74, 6) is 1.29. The average molecular weight is 271 g/mol. The van der Waals surface area contributed by atoms with Crippen LogP contribution in [0.1, 0.15) is 18.7 Å². The van der Waals surface area contributed by atoms with Crippen LogP contribution in [0.3, 0.4) is 0 Å². The predicted molar refractivity (Wildman–Crippen MR) is 73.8 cm³/mol. The van der Waals surface area contributed by atoms with Gasteiger partial charge in [-0.25, -0.2) is 0 Å². The van der Waals surface area contributed by atoms with Crippen molar-refractivity contribution < 1.29 is 9.21 Å². The SMILES string of the molecule is O=CC1CCCN(Cc2nnc(-c3ccccc3)o2)C1. The average Bonchev–Trinajstić information content (AvgIpc) is 2.97. The van der Waals surface area contributed by atoms with Crippen molar-refractivity contribution >= 4 is 6.29 Å².